The number of aliphatic carboxylic acids is 1. The first kappa shape index (κ1) is 17.9. The first-order valence-corrected chi connectivity index (χ1v) is 7.66. The van der Waals surface area contributed by atoms with Crippen LogP contribution in [0.1, 0.15) is 40.0 Å². The zero-order valence-electron chi connectivity index (χ0n) is 13.2. The van der Waals surface area contributed by atoms with Gasteiger partial charge in [-0.25, -0.2) is 0 Å². The Bertz CT molecular complexity index is 339. The molecule has 122 valence electrons. The molecule has 0 aromatic heterocycles. The van der Waals surface area contributed by atoms with Crippen molar-refractivity contribution in [2.24, 2.45) is 5.92 Å². The molecular weight excluding hydrogens is 274 g/mol. The zero-order valence-corrected chi connectivity index (χ0v) is 13.2. The van der Waals surface area contributed by atoms with Gasteiger partial charge in [0.15, 0.2) is 0 Å². The Labute approximate surface area is 126 Å². The highest BCUT2D eigenvalue weighted by atomic mass is 16.5. The van der Waals surface area contributed by atoms with Crippen molar-refractivity contribution in [1.82, 2.24) is 4.90 Å². The van der Waals surface area contributed by atoms with E-state index in [0.717, 1.165) is 12.8 Å². The van der Waals surface area contributed by atoms with Crippen molar-refractivity contribution in [2.75, 3.05) is 26.3 Å². The van der Waals surface area contributed by atoms with Gasteiger partial charge in [-0.05, 0) is 33.1 Å². The maximum atomic E-state index is 12.4. The maximum absolute atomic E-state index is 12.4. The molecule has 1 aliphatic rings. The predicted molar refractivity (Wildman–Crippen MR) is 78.1 cm³/mol. The van der Waals surface area contributed by atoms with Crippen LogP contribution in [-0.4, -0.2) is 60.4 Å². The lowest BCUT2D eigenvalue weighted by molar-refractivity contribution is -0.146. The number of nitrogens with zero attached hydrogens (tertiary/aromatic N) is 1. The minimum atomic E-state index is -0.890. The second-order valence-corrected chi connectivity index (χ2v) is 5.80. The summed E-state index contributed by atoms with van der Waals surface area (Å²) in [5.74, 6) is -1.56. The molecule has 1 amide bonds. The molecule has 1 rings (SSSR count). The van der Waals surface area contributed by atoms with Crippen molar-refractivity contribution < 1.29 is 24.2 Å². The van der Waals surface area contributed by atoms with Gasteiger partial charge in [0.25, 0.3) is 5.91 Å². The number of hydrogen-bond acceptors (Lipinski definition) is 4. The first-order valence-electron chi connectivity index (χ1n) is 7.66. The molecule has 0 saturated carbocycles. The average molecular weight is 301 g/mol. The van der Waals surface area contributed by atoms with E-state index in [0.29, 0.717) is 26.2 Å². The smallest absolute Gasteiger partial charge is 0.308 e. The number of carbonyl (C=O) groups is 2. The van der Waals surface area contributed by atoms with Gasteiger partial charge in [0, 0.05) is 26.3 Å². The molecule has 0 aromatic carbocycles. The maximum Gasteiger partial charge on any atom is 0.308 e. The summed E-state index contributed by atoms with van der Waals surface area (Å²) in [5, 5.41) is 9.03. The van der Waals surface area contributed by atoms with Gasteiger partial charge in [0.1, 0.15) is 6.10 Å². The van der Waals surface area contributed by atoms with Gasteiger partial charge in [-0.3, -0.25) is 9.59 Å². The second-order valence-electron chi connectivity index (χ2n) is 5.80. The number of rotatable bonds is 9. The number of carboxylic acids is 1. The van der Waals surface area contributed by atoms with Gasteiger partial charge in [-0.15, -0.1) is 0 Å². The molecule has 2 atom stereocenters. The van der Waals surface area contributed by atoms with E-state index in [1.54, 1.807) is 11.8 Å². The van der Waals surface area contributed by atoms with E-state index in [-0.39, 0.29) is 18.6 Å². The Hall–Kier alpha value is -1.14. The summed E-state index contributed by atoms with van der Waals surface area (Å²) in [6.07, 6.45) is 2.06. The largest absolute Gasteiger partial charge is 0.481 e. The van der Waals surface area contributed by atoms with Crippen LogP contribution in [0.25, 0.3) is 0 Å². The lowest BCUT2D eigenvalue weighted by atomic mass is 10.1. The molecule has 6 nitrogen and oxygen atoms in total. The van der Waals surface area contributed by atoms with Gasteiger partial charge in [-0.2, -0.15) is 0 Å². The van der Waals surface area contributed by atoms with Gasteiger partial charge in [-0.1, -0.05) is 6.92 Å². The fourth-order valence-electron chi connectivity index (χ4n) is 2.25. The Morgan fingerprint density at radius 1 is 1.38 bits per heavy atom. The quantitative estimate of drug-likeness (QED) is 0.654. The number of carbonyl (C=O) groups excluding carboxylic acids is 1. The molecule has 2 unspecified atom stereocenters. The molecule has 1 aliphatic heterocycles. The summed E-state index contributed by atoms with van der Waals surface area (Å²) in [7, 11) is 0. The van der Waals surface area contributed by atoms with Crippen molar-refractivity contribution >= 4 is 11.9 Å². The monoisotopic (exact) mass is 301 g/mol. The predicted octanol–water partition coefficient (Wildman–Crippen LogP) is 1.53. The van der Waals surface area contributed by atoms with Crippen LogP contribution in [0.5, 0.6) is 0 Å². The van der Waals surface area contributed by atoms with E-state index in [4.69, 9.17) is 14.6 Å². The SMILES string of the molecule is CC(C)OCCCN(CC(C)C(=O)O)C(=O)C1CCCO1. The van der Waals surface area contributed by atoms with Crippen LogP contribution in [-0.2, 0) is 19.1 Å². The molecule has 21 heavy (non-hydrogen) atoms. The summed E-state index contributed by atoms with van der Waals surface area (Å²) in [6.45, 7) is 7.43. The number of carboxylic acid groups (broad SMARTS) is 1. The van der Waals surface area contributed by atoms with E-state index >= 15 is 0 Å². The van der Waals surface area contributed by atoms with Crippen LogP contribution in [0.4, 0.5) is 0 Å². The molecule has 6 heteroatoms. The van der Waals surface area contributed by atoms with Crippen LogP contribution >= 0.6 is 0 Å². The fourth-order valence-corrected chi connectivity index (χ4v) is 2.25. The second kappa shape index (κ2) is 9.00. The summed E-state index contributed by atoms with van der Waals surface area (Å²) in [4.78, 5) is 25.0. The lowest BCUT2D eigenvalue weighted by Crippen LogP contribution is -2.43. The van der Waals surface area contributed by atoms with E-state index in [9.17, 15) is 9.59 Å². The van der Waals surface area contributed by atoms with E-state index in [1.807, 2.05) is 13.8 Å². The van der Waals surface area contributed by atoms with E-state index in [1.165, 1.54) is 0 Å². The molecule has 0 bridgehead atoms. The van der Waals surface area contributed by atoms with Crippen molar-refractivity contribution in [2.45, 2.75) is 52.2 Å². The topological polar surface area (TPSA) is 76.1 Å². The van der Waals surface area contributed by atoms with Gasteiger partial charge in [0.05, 0.1) is 12.0 Å². The summed E-state index contributed by atoms with van der Waals surface area (Å²) < 4.78 is 10.9. The van der Waals surface area contributed by atoms with Crippen molar-refractivity contribution in [3.8, 4) is 0 Å². The van der Waals surface area contributed by atoms with Crippen LogP contribution in [0.15, 0.2) is 0 Å². The molecule has 0 aromatic rings. The Balaban J connectivity index is 2.51. The van der Waals surface area contributed by atoms with Crippen molar-refractivity contribution in [3.05, 3.63) is 0 Å². The van der Waals surface area contributed by atoms with Crippen molar-refractivity contribution in [3.63, 3.8) is 0 Å². The fraction of sp³-hybridized carbons (Fsp3) is 0.867. The Morgan fingerprint density at radius 2 is 2.10 bits per heavy atom. The molecule has 1 saturated heterocycles. The number of ether oxygens (including phenoxy) is 2. The zero-order chi connectivity index (χ0) is 15.8. The first-order chi connectivity index (χ1) is 9.91. The summed E-state index contributed by atoms with van der Waals surface area (Å²) in [6, 6.07) is 0. The Morgan fingerprint density at radius 3 is 2.62 bits per heavy atom. The molecular formula is C15H27NO5. The normalized spacial score (nSPS) is 19.7. The van der Waals surface area contributed by atoms with Gasteiger partial charge in [0.2, 0.25) is 0 Å². The molecule has 1 heterocycles. The average Bonchev–Trinajstić information content (AvgIpc) is 2.94. The number of amides is 1. The summed E-state index contributed by atoms with van der Waals surface area (Å²) >= 11 is 0. The van der Waals surface area contributed by atoms with Crippen LogP contribution in [0.2, 0.25) is 0 Å². The standard InChI is InChI=1S/C15H27NO5/c1-11(2)20-9-5-7-16(10-12(3)15(18)19)14(17)13-6-4-8-21-13/h11-13H,4-10H2,1-3H3,(H,18,19). The van der Waals surface area contributed by atoms with E-state index < -0.39 is 18.0 Å². The highest BCUT2D eigenvalue weighted by Crippen LogP contribution is 2.16. The minimum Gasteiger partial charge on any atom is -0.481 e. The van der Waals surface area contributed by atoms with Gasteiger partial charge < -0.3 is 19.5 Å². The third-order valence-corrected chi connectivity index (χ3v) is 3.46. The number of hydrogen-bond donors (Lipinski definition) is 1. The van der Waals surface area contributed by atoms with Gasteiger partial charge >= 0.3 is 5.97 Å². The van der Waals surface area contributed by atoms with Crippen LogP contribution < -0.4 is 0 Å². The molecule has 0 aliphatic carbocycles. The van der Waals surface area contributed by atoms with Crippen LogP contribution in [0.3, 0.4) is 0 Å². The summed E-state index contributed by atoms with van der Waals surface area (Å²) in [5.41, 5.74) is 0. The molecule has 1 N–H and O–H groups in total. The molecule has 0 spiro atoms. The Kier molecular flexibility index (Phi) is 7.67. The third-order valence-electron chi connectivity index (χ3n) is 3.46. The van der Waals surface area contributed by atoms with Crippen LogP contribution in [0, 0.1) is 5.92 Å². The minimum absolute atomic E-state index is 0.0925. The highest BCUT2D eigenvalue weighted by Gasteiger charge is 2.29. The molecule has 0 radical (unpaired) electrons. The van der Waals surface area contributed by atoms with E-state index in [2.05, 4.69) is 0 Å². The highest BCUT2D eigenvalue weighted by molar-refractivity contribution is 5.82. The lowest BCUT2D eigenvalue weighted by Gasteiger charge is -2.27. The van der Waals surface area contributed by atoms with Crippen molar-refractivity contribution in [1.29, 1.82) is 0 Å². The third kappa shape index (κ3) is 6.44. The molecule has 1 fully saturated rings.